The number of carbonyl (C=O) groups excluding carboxylic acids is 1. The van der Waals surface area contributed by atoms with Crippen molar-refractivity contribution in [2.75, 3.05) is 26.8 Å². The largest absolute Gasteiger partial charge is 0.383 e. The maximum atomic E-state index is 12.1. The van der Waals surface area contributed by atoms with Gasteiger partial charge in [-0.1, -0.05) is 41.7 Å². The molecule has 1 amide bonds. The zero-order valence-electron chi connectivity index (χ0n) is 14.0. The number of aromatic nitrogens is 4. The van der Waals surface area contributed by atoms with Crippen LogP contribution in [0.15, 0.2) is 30.3 Å². The van der Waals surface area contributed by atoms with E-state index in [9.17, 15) is 4.79 Å². The van der Waals surface area contributed by atoms with Crippen molar-refractivity contribution in [1.29, 1.82) is 0 Å². The van der Waals surface area contributed by atoms with Gasteiger partial charge in [0.1, 0.15) is 5.01 Å². The van der Waals surface area contributed by atoms with Crippen LogP contribution in [-0.2, 0) is 16.0 Å². The minimum absolute atomic E-state index is 0.126. The maximum absolute atomic E-state index is 12.1. The summed E-state index contributed by atoms with van der Waals surface area (Å²) in [5.41, 5.74) is 1.17. The summed E-state index contributed by atoms with van der Waals surface area (Å²) in [5.74, 6) is 1.11. The number of hydrogen-bond donors (Lipinski definition) is 0. The van der Waals surface area contributed by atoms with Crippen molar-refractivity contribution in [3.63, 3.8) is 0 Å². The first-order valence-electron chi connectivity index (χ1n) is 8.26. The number of nitrogens with zero attached hydrogens (tertiary/aromatic N) is 5. The van der Waals surface area contributed by atoms with Gasteiger partial charge in [-0.3, -0.25) is 4.79 Å². The van der Waals surface area contributed by atoms with Crippen molar-refractivity contribution >= 4 is 22.2 Å². The maximum Gasteiger partial charge on any atom is 0.234 e. The minimum Gasteiger partial charge on any atom is -0.383 e. The lowest BCUT2D eigenvalue weighted by molar-refractivity contribution is -0.128. The van der Waals surface area contributed by atoms with Gasteiger partial charge in [-0.2, -0.15) is 9.61 Å². The van der Waals surface area contributed by atoms with Gasteiger partial charge in [-0.05, 0) is 5.56 Å². The average Bonchev–Trinajstić information content (AvgIpc) is 3.30. The van der Waals surface area contributed by atoms with Crippen molar-refractivity contribution in [2.45, 2.75) is 18.8 Å². The third-order valence-corrected chi connectivity index (χ3v) is 5.47. The van der Waals surface area contributed by atoms with Gasteiger partial charge in [-0.25, -0.2) is 0 Å². The Hall–Kier alpha value is -2.32. The normalized spacial score (nSPS) is 17.7. The minimum atomic E-state index is 0.126. The molecule has 25 heavy (non-hydrogen) atoms. The summed E-state index contributed by atoms with van der Waals surface area (Å²) in [6.07, 6.45) is 1.19. The molecule has 7 nitrogen and oxygen atoms in total. The van der Waals surface area contributed by atoms with Crippen LogP contribution in [-0.4, -0.2) is 57.4 Å². The highest BCUT2D eigenvalue weighted by Gasteiger charge is 2.33. The van der Waals surface area contributed by atoms with E-state index in [1.54, 1.807) is 7.11 Å². The molecule has 0 unspecified atom stereocenters. The third kappa shape index (κ3) is 3.27. The standard InChI is InChI=1S/C17H19N5O2S/c1-24-8-7-21-11-13(10-15(21)23)16-20-22-14(18-19-17(22)25-16)9-12-5-3-2-4-6-12/h2-6,13H,7-11H2,1H3/t13-/m1/s1. The second-order valence-corrected chi connectivity index (χ2v) is 7.13. The van der Waals surface area contributed by atoms with E-state index in [1.807, 2.05) is 27.6 Å². The number of carbonyl (C=O) groups is 1. The van der Waals surface area contributed by atoms with Crippen LogP contribution in [0.25, 0.3) is 4.96 Å². The van der Waals surface area contributed by atoms with E-state index < -0.39 is 0 Å². The molecule has 3 aromatic rings. The van der Waals surface area contributed by atoms with E-state index >= 15 is 0 Å². The summed E-state index contributed by atoms with van der Waals surface area (Å²) in [7, 11) is 1.65. The molecule has 0 aliphatic carbocycles. The van der Waals surface area contributed by atoms with Gasteiger partial charge in [0, 0.05) is 39.0 Å². The van der Waals surface area contributed by atoms with Crippen LogP contribution >= 0.6 is 11.3 Å². The lowest BCUT2D eigenvalue weighted by Crippen LogP contribution is -2.28. The molecular weight excluding hydrogens is 338 g/mol. The zero-order chi connectivity index (χ0) is 17.2. The highest BCUT2D eigenvalue weighted by Crippen LogP contribution is 2.31. The first-order chi connectivity index (χ1) is 12.2. The van der Waals surface area contributed by atoms with Crippen molar-refractivity contribution in [2.24, 2.45) is 0 Å². The second-order valence-electron chi connectivity index (χ2n) is 6.15. The van der Waals surface area contributed by atoms with Crippen molar-refractivity contribution in [3.8, 4) is 0 Å². The number of rotatable bonds is 6. The SMILES string of the molecule is COCCN1C[C@H](c2nn3c(Cc4ccccc4)nnc3s2)CC1=O. The predicted molar refractivity (Wildman–Crippen MR) is 93.7 cm³/mol. The fourth-order valence-electron chi connectivity index (χ4n) is 3.08. The molecular formula is C17H19N5O2S. The van der Waals surface area contributed by atoms with Gasteiger partial charge < -0.3 is 9.64 Å². The zero-order valence-corrected chi connectivity index (χ0v) is 14.8. The Morgan fingerprint density at radius 1 is 1.28 bits per heavy atom. The van der Waals surface area contributed by atoms with Crippen LogP contribution in [0.2, 0.25) is 0 Å². The number of fused-ring (bicyclic) bond motifs is 1. The topological polar surface area (TPSA) is 72.6 Å². The van der Waals surface area contributed by atoms with Gasteiger partial charge in [0.05, 0.1) is 6.61 Å². The van der Waals surface area contributed by atoms with Crippen LogP contribution in [0.4, 0.5) is 0 Å². The van der Waals surface area contributed by atoms with E-state index in [0.29, 0.717) is 32.5 Å². The fraction of sp³-hybridized carbons (Fsp3) is 0.412. The molecule has 4 rings (SSSR count). The van der Waals surface area contributed by atoms with Crippen LogP contribution in [0.3, 0.4) is 0 Å². The van der Waals surface area contributed by atoms with Crippen molar-refractivity contribution < 1.29 is 9.53 Å². The Labute approximate surface area is 149 Å². The van der Waals surface area contributed by atoms with Gasteiger partial charge in [0.25, 0.3) is 0 Å². The summed E-state index contributed by atoms with van der Waals surface area (Å²) in [6.45, 7) is 1.89. The van der Waals surface area contributed by atoms with Gasteiger partial charge in [0.2, 0.25) is 10.9 Å². The lowest BCUT2D eigenvalue weighted by atomic mass is 10.1. The van der Waals surface area contributed by atoms with Crippen LogP contribution in [0.5, 0.6) is 0 Å². The van der Waals surface area contributed by atoms with Crippen molar-refractivity contribution in [3.05, 3.63) is 46.7 Å². The summed E-state index contributed by atoms with van der Waals surface area (Å²) in [4.78, 5) is 14.8. The molecule has 130 valence electrons. The Morgan fingerprint density at radius 2 is 2.12 bits per heavy atom. The third-order valence-electron chi connectivity index (χ3n) is 4.41. The highest BCUT2D eigenvalue weighted by molar-refractivity contribution is 7.16. The number of likely N-dealkylation sites (tertiary alicyclic amines) is 1. The molecule has 0 N–H and O–H groups in total. The fourth-order valence-corrected chi connectivity index (χ4v) is 4.03. The van der Waals surface area contributed by atoms with Crippen LogP contribution in [0, 0.1) is 0 Å². The monoisotopic (exact) mass is 357 g/mol. The molecule has 1 aliphatic heterocycles. The molecule has 0 saturated carbocycles. The average molecular weight is 357 g/mol. The molecule has 1 saturated heterocycles. The molecule has 0 bridgehead atoms. The number of methoxy groups -OCH3 is 1. The molecule has 8 heteroatoms. The molecule has 1 aromatic carbocycles. The predicted octanol–water partition coefficient (Wildman–Crippen LogP) is 1.74. The Morgan fingerprint density at radius 3 is 2.92 bits per heavy atom. The molecule has 3 heterocycles. The van der Waals surface area contributed by atoms with Crippen LogP contribution in [0.1, 0.15) is 28.7 Å². The Balaban J connectivity index is 1.53. The lowest BCUT2D eigenvalue weighted by Gasteiger charge is -2.14. The first-order valence-corrected chi connectivity index (χ1v) is 9.08. The summed E-state index contributed by atoms with van der Waals surface area (Å²) in [5, 5.41) is 14.2. The number of hydrogen-bond acceptors (Lipinski definition) is 6. The van der Waals surface area contributed by atoms with Gasteiger partial charge >= 0.3 is 0 Å². The Bertz CT molecular complexity index is 876. The summed E-state index contributed by atoms with van der Waals surface area (Å²) in [6, 6.07) is 10.2. The summed E-state index contributed by atoms with van der Waals surface area (Å²) >= 11 is 1.52. The molecule has 1 aliphatic rings. The highest BCUT2D eigenvalue weighted by atomic mass is 32.1. The number of ether oxygens (including phenoxy) is 1. The van der Waals surface area contributed by atoms with Gasteiger partial charge in [0.15, 0.2) is 5.82 Å². The second kappa shape index (κ2) is 6.89. The first kappa shape index (κ1) is 16.2. The Kier molecular flexibility index (Phi) is 4.46. The number of benzene rings is 1. The van der Waals surface area contributed by atoms with Crippen molar-refractivity contribution in [1.82, 2.24) is 24.7 Å². The molecule has 1 atom stereocenters. The molecule has 0 radical (unpaired) electrons. The van der Waals surface area contributed by atoms with Crippen LogP contribution < -0.4 is 0 Å². The van der Waals surface area contributed by atoms with E-state index in [1.165, 1.54) is 16.9 Å². The smallest absolute Gasteiger partial charge is 0.234 e. The van der Waals surface area contributed by atoms with Gasteiger partial charge in [-0.15, -0.1) is 10.2 Å². The summed E-state index contributed by atoms with van der Waals surface area (Å²) < 4.78 is 6.89. The van der Waals surface area contributed by atoms with E-state index in [4.69, 9.17) is 9.84 Å². The molecule has 2 aromatic heterocycles. The molecule has 0 spiro atoms. The molecule has 1 fully saturated rings. The van der Waals surface area contributed by atoms with E-state index in [-0.39, 0.29) is 11.8 Å². The van der Waals surface area contributed by atoms with E-state index in [0.717, 1.165) is 15.8 Å². The quantitative estimate of drug-likeness (QED) is 0.672. The van der Waals surface area contributed by atoms with E-state index in [2.05, 4.69) is 22.3 Å². The number of amides is 1.